The molecule has 156 valence electrons. The summed E-state index contributed by atoms with van der Waals surface area (Å²) in [5.74, 6) is 1.39. The molecule has 1 aromatic heterocycles. The summed E-state index contributed by atoms with van der Waals surface area (Å²) in [6, 6.07) is 17.4. The maximum atomic E-state index is 13.4. The highest BCUT2D eigenvalue weighted by atomic mass is 19.1. The Balaban J connectivity index is 1.37. The number of benzene rings is 2. The first-order chi connectivity index (χ1) is 14.8. The fourth-order valence-corrected chi connectivity index (χ4v) is 4.83. The molecule has 5 heteroatoms. The van der Waals surface area contributed by atoms with Crippen LogP contribution in [-0.2, 0) is 13.0 Å². The van der Waals surface area contributed by atoms with Crippen LogP contribution in [0.3, 0.4) is 0 Å². The number of likely N-dealkylation sites (tertiary alicyclic amines) is 1. The van der Waals surface area contributed by atoms with Crippen molar-refractivity contribution in [3.63, 3.8) is 0 Å². The number of nitrogens with one attached hydrogen (secondary N) is 1. The van der Waals surface area contributed by atoms with Gasteiger partial charge in [-0.2, -0.15) is 5.10 Å². The van der Waals surface area contributed by atoms with E-state index in [-0.39, 0.29) is 5.82 Å². The molecule has 0 aliphatic carbocycles. The summed E-state index contributed by atoms with van der Waals surface area (Å²) in [5.41, 5.74) is 4.94. The van der Waals surface area contributed by atoms with Gasteiger partial charge in [0.05, 0.1) is 11.4 Å². The topological polar surface area (TPSA) is 33.1 Å². The maximum Gasteiger partial charge on any atom is 0.133 e. The molecule has 2 aliphatic rings. The van der Waals surface area contributed by atoms with Crippen molar-refractivity contribution in [2.24, 2.45) is 0 Å². The van der Waals surface area contributed by atoms with Gasteiger partial charge in [-0.1, -0.05) is 30.3 Å². The number of aromatic nitrogens is 2. The summed E-state index contributed by atoms with van der Waals surface area (Å²) in [5, 5.41) is 8.68. The van der Waals surface area contributed by atoms with E-state index in [1.807, 2.05) is 16.8 Å². The van der Waals surface area contributed by atoms with Crippen molar-refractivity contribution in [2.75, 3.05) is 25.0 Å². The van der Waals surface area contributed by atoms with Crippen LogP contribution in [0.25, 0.3) is 5.69 Å². The van der Waals surface area contributed by atoms with Gasteiger partial charge in [0.1, 0.15) is 11.6 Å². The van der Waals surface area contributed by atoms with Crippen molar-refractivity contribution in [2.45, 2.75) is 44.6 Å². The van der Waals surface area contributed by atoms with E-state index < -0.39 is 0 Å². The van der Waals surface area contributed by atoms with Gasteiger partial charge in [-0.05, 0) is 75.0 Å². The van der Waals surface area contributed by atoms with E-state index in [0.29, 0.717) is 5.92 Å². The Bertz CT molecular complexity index is 972. The fraction of sp³-hybridized carbons (Fsp3) is 0.400. The third-order valence-corrected chi connectivity index (χ3v) is 6.46. The summed E-state index contributed by atoms with van der Waals surface area (Å²) < 4.78 is 15.5. The average molecular weight is 405 g/mol. The highest BCUT2D eigenvalue weighted by molar-refractivity contribution is 5.55. The molecule has 3 aromatic rings. The van der Waals surface area contributed by atoms with Crippen LogP contribution in [0.2, 0.25) is 0 Å². The van der Waals surface area contributed by atoms with Crippen LogP contribution in [0.5, 0.6) is 0 Å². The quantitative estimate of drug-likeness (QED) is 0.654. The van der Waals surface area contributed by atoms with Gasteiger partial charge in [0.2, 0.25) is 0 Å². The Hall–Kier alpha value is -2.66. The van der Waals surface area contributed by atoms with E-state index in [1.165, 1.54) is 41.8 Å². The number of nitrogens with zero attached hydrogens (tertiary/aromatic N) is 3. The Morgan fingerprint density at radius 3 is 2.50 bits per heavy atom. The molecule has 1 fully saturated rings. The molecule has 0 amide bonds. The van der Waals surface area contributed by atoms with Gasteiger partial charge >= 0.3 is 0 Å². The summed E-state index contributed by atoms with van der Waals surface area (Å²) in [6.07, 6.45) is 5.71. The van der Waals surface area contributed by atoms with Crippen molar-refractivity contribution in [1.82, 2.24) is 14.7 Å². The zero-order valence-corrected chi connectivity index (χ0v) is 17.4. The molecule has 0 saturated carbocycles. The van der Waals surface area contributed by atoms with Crippen LogP contribution in [0, 0.1) is 5.82 Å². The molecule has 2 aromatic carbocycles. The van der Waals surface area contributed by atoms with Gasteiger partial charge in [0.25, 0.3) is 0 Å². The summed E-state index contributed by atoms with van der Waals surface area (Å²) in [4.78, 5) is 2.56. The third-order valence-electron chi connectivity index (χ3n) is 6.46. The van der Waals surface area contributed by atoms with E-state index in [0.717, 1.165) is 56.9 Å². The Morgan fingerprint density at radius 2 is 1.73 bits per heavy atom. The molecular formula is C25H29FN4. The average Bonchev–Trinajstić information content (AvgIpc) is 2.97. The second-order valence-corrected chi connectivity index (χ2v) is 8.52. The van der Waals surface area contributed by atoms with E-state index in [4.69, 9.17) is 5.10 Å². The van der Waals surface area contributed by atoms with Crippen molar-refractivity contribution in [3.05, 3.63) is 77.2 Å². The highest BCUT2D eigenvalue weighted by Crippen LogP contribution is 2.36. The fourth-order valence-electron chi connectivity index (χ4n) is 4.83. The molecule has 5 rings (SSSR count). The second-order valence-electron chi connectivity index (χ2n) is 8.52. The number of hydrogen-bond acceptors (Lipinski definition) is 3. The standard InChI is InChI=1S/C25H29FN4/c26-21-9-11-22(12-10-21)30-25-23(8-4-5-15-27-25)24(28-30)20-13-16-29(17-14-20)18-19-6-2-1-3-7-19/h1-3,6-7,9-12,20,27H,4-5,8,13-18H2. The molecular weight excluding hydrogens is 375 g/mol. The molecule has 0 bridgehead atoms. The minimum Gasteiger partial charge on any atom is -0.370 e. The maximum absolute atomic E-state index is 13.4. The molecule has 1 N–H and O–H groups in total. The summed E-state index contributed by atoms with van der Waals surface area (Å²) in [6.45, 7) is 4.20. The van der Waals surface area contributed by atoms with Crippen LogP contribution in [0.1, 0.15) is 48.4 Å². The largest absolute Gasteiger partial charge is 0.370 e. The van der Waals surface area contributed by atoms with Gasteiger partial charge in [0, 0.05) is 24.6 Å². The number of rotatable bonds is 4. The van der Waals surface area contributed by atoms with E-state index in [9.17, 15) is 4.39 Å². The van der Waals surface area contributed by atoms with Gasteiger partial charge in [-0.3, -0.25) is 4.90 Å². The van der Waals surface area contributed by atoms with E-state index in [1.54, 1.807) is 0 Å². The normalized spacial score (nSPS) is 17.9. The van der Waals surface area contributed by atoms with Gasteiger partial charge in [0.15, 0.2) is 0 Å². The van der Waals surface area contributed by atoms with Crippen molar-refractivity contribution >= 4 is 5.82 Å². The van der Waals surface area contributed by atoms with Crippen molar-refractivity contribution in [3.8, 4) is 5.69 Å². The first-order valence-corrected chi connectivity index (χ1v) is 11.2. The SMILES string of the molecule is Fc1ccc(-n2nc(C3CCN(Cc4ccccc4)CC3)c3c2NCCCC3)cc1. The smallest absolute Gasteiger partial charge is 0.133 e. The zero-order chi connectivity index (χ0) is 20.3. The number of piperidine rings is 1. The second kappa shape index (κ2) is 8.60. The Labute approximate surface area is 177 Å². The van der Waals surface area contributed by atoms with Crippen LogP contribution < -0.4 is 5.32 Å². The first kappa shape index (κ1) is 19.3. The predicted molar refractivity (Wildman–Crippen MR) is 119 cm³/mol. The molecule has 2 aliphatic heterocycles. The summed E-state index contributed by atoms with van der Waals surface area (Å²) in [7, 11) is 0. The zero-order valence-electron chi connectivity index (χ0n) is 17.4. The lowest BCUT2D eigenvalue weighted by molar-refractivity contribution is 0.203. The minimum absolute atomic E-state index is 0.212. The van der Waals surface area contributed by atoms with Crippen molar-refractivity contribution < 1.29 is 4.39 Å². The van der Waals surface area contributed by atoms with E-state index in [2.05, 4.69) is 40.5 Å². The third kappa shape index (κ3) is 3.99. The molecule has 3 heterocycles. The molecule has 4 nitrogen and oxygen atoms in total. The van der Waals surface area contributed by atoms with Crippen LogP contribution in [-0.4, -0.2) is 34.3 Å². The predicted octanol–water partition coefficient (Wildman–Crippen LogP) is 5.14. The van der Waals surface area contributed by atoms with E-state index >= 15 is 0 Å². The molecule has 1 saturated heterocycles. The number of halogens is 1. The first-order valence-electron chi connectivity index (χ1n) is 11.2. The molecule has 0 atom stereocenters. The summed E-state index contributed by atoms with van der Waals surface area (Å²) >= 11 is 0. The Morgan fingerprint density at radius 1 is 0.967 bits per heavy atom. The molecule has 30 heavy (non-hydrogen) atoms. The molecule has 0 unspecified atom stereocenters. The van der Waals surface area contributed by atoms with Gasteiger partial charge in [-0.25, -0.2) is 9.07 Å². The number of fused-ring (bicyclic) bond motifs is 1. The Kier molecular flexibility index (Phi) is 5.54. The van der Waals surface area contributed by atoms with Gasteiger partial charge in [-0.15, -0.1) is 0 Å². The van der Waals surface area contributed by atoms with Crippen LogP contribution >= 0.6 is 0 Å². The van der Waals surface area contributed by atoms with Crippen molar-refractivity contribution in [1.29, 1.82) is 0 Å². The monoisotopic (exact) mass is 404 g/mol. The lowest BCUT2D eigenvalue weighted by Crippen LogP contribution is -2.32. The highest BCUT2D eigenvalue weighted by Gasteiger charge is 2.29. The molecule has 0 spiro atoms. The lowest BCUT2D eigenvalue weighted by Gasteiger charge is -2.31. The lowest BCUT2D eigenvalue weighted by atomic mass is 9.90. The minimum atomic E-state index is -0.212. The van der Waals surface area contributed by atoms with Crippen LogP contribution in [0.4, 0.5) is 10.2 Å². The van der Waals surface area contributed by atoms with Crippen LogP contribution in [0.15, 0.2) is 54.6 Å². The van der Waals surface area contributed by atoms with Gasteiger partial charge < -0.3 is 5.32 Å². The number of hydrogen-bond donors (Lipinski definition) is 1. The molecule has 0 radical (unpaired) electrons. The number of anilines is 1.